The van der Waals surface area contributed by atoms with Crippen LogP contribution < -0.4 is 0 Å². The average Bonchev–Trinajstić information content (AvgIpc) is 2.48. The van der Waals surface area contributed by atoms with Crippen molar-refractivity contribution in [3.63, 3.8) is 0 Å². The van der Waals surface area contributed by atoms with Crippen LogP contribution in [0, 0.1) is 0 Å². The van der Waals surface area contributed by atoms with Crippen LogP contribution in [0.2, 0.25) is 0 Å². The number of aromatic nitrogens is 2. The van der Waals surface area contributed by atoms with Crippen LogP contribution >= 0.6 is 0 Å². The third-order valence-corrected chi connectivity index (χ3v) is 2.29. The van der Waals surface area contributed by atoms with Crippen LogP contribution in [0.3, 0.4) is 0 Å². The third kappa shape index (κ3) is 2.98. The second-order valence-electron chi connectivity index (χ2n) is 2.61. The van der Waals surface area contributed by atoms with Crippen molar-refractivity contribution in [2.24, 2.45) is 0 Å². The molecule has 1 unspecified atom stereocenters. The molecule has 72 valence electrons. The number of rotatable bonds is 4. The van der Waals surface area contributed by atoms with E-state index in [2.05, 4.69) is 10.2 Å². The maximum atomic E-state index is 10.7. The summed E-state index contributed by atoms with van der Waals surface area (Å²) in [5.41, 5.74) is 0.699. The van der Waals surface area contributed by atoms with E-state index in [0.29, 0.717) is 17.9 Å². The molecule has 0 bridgehead atoms. The standard InChI is InChI=1S/C7H10N2O3S/c1-13(12)3-2-5-4-6(7(10)11)9-8-5/h4H,2-3H2,1H3,(H,8,9)(H,10,11). The number of nitrogens with zero attached hydrogens (tertiary/aromatic N) is 1. The number of hydrogen-bond acceptors (Lipinski definition) is 3. The molecular formula is C7H10N2O3S. The summed E-state index contributed by atoms with van der Waals surface area (Å²) >= 11 is 0. The molecule has 1 rings (SSSR count). The number of aromatic amines is 1. The second-order valence-corrected chi connectivity index (χ2v) is 4.17. The van der Waals surface area contributed by atoms with Crippen LogP contribution in [0.5, 0.6) is 0 Å². The average molecular weight is 202 g/mol. The van der Waals surface area contributed by atoms with E-state index in [-0.39, 0.29) is 5.69 Å². The molecule has 0 radical (unpaired) electrons. The van der Waals surface area contributed by atoms with Crippen molar-refractivity contribution >= 4 is 16.8 Å². The molecule has 0 amide bonds. The van der Waals surface area contributed by atoms with Gasteiger partial charge in [-0.2, -0.15) is 5.10 Å². The molecule has 13 heavy (non-hydrogen) atoms. The molecule has 0 aliphatic rings. The van der Waals surface area contributed by atoms with Crippen molar-refractivity contribution in [1.29, 1.82) is 0 Å². The largest absolute Gasteiger partial charge is 0.476 e. The molecule has 0 aliphatic heterocycles. The molecule has 1 aromatic heterocycles. The SMILES string of the molecule is CS(=O)CCc1cc(C(=O)O)n[nH]1. The fourth-order valence-electron chi connectivity index (χ4n) is 0.853. The van der Waals surface area contributed by atoms with Gasteiger partial charge in [0.1, 0.15) is 0 Å². The number of H-pyrrole nitrogens is 1. The lowest BCUT2D eigenvalue weighted by Gasteiger charge is -1.91. The molecule has 0 aromatic carbocycles. The fraction of sp³-hybridized carbons (Fsp3) is 0.429. The monoisotopic (exact) mass is 202 g/mol. The van der Waals surface area contributed by atoms with Gasteiger partial charge < -0.3 is 5.11 Å². The first-order valence-corrected chi connectivity index (χ1v) is 5.40. The lowest BCUT2D eigenvalue weighted by molar-refractivity contribution is 0.0690. The Kier molecular flexibility index (Phi) is 3.18. The van der Waals surface area contributed by atoms with E-state index in [1.807, 2.05) is 0 Å². The lowest BCUT2D eigenvalue weighted by Crippen LogP contribution is -1.98. The summed E-state index contributed by atoms with van der Waals surface area (Å²) in [7, 11) is -0.863. The molecule has 0 saturated carbocycles. The highest BCUT2D eigenvalue weighted by Crippen LogP contribution is 2.00. The van der Waals surface area contributed by atoms with Gasteiger partial charge in [0.05, 0.1) is 0 Å². The van der Waals surface area contributed by atoms with E-state index in [1.165, 1.54) is 6.07 Å². The molecule has 6 heteroatoms. The highest BCUT2D eigenvalue weighted by Gasteiger charge is 2.07. The molecule has 0 spiro atoms. The van der Waals surface area contributed by atoms with Gasteiger partial charge in [-0.3, -0.25) is 9.31 Å². The topological polar surface area (TPSA) is 83.1 Å². The highest BCUT2D eigenvalue weighted by molar-refractivity contribution is 7.84. The van der Waals surface area contributed by atoms with Gasteiger partial charge in [-0.1, -0.05) is 0 Å². The van der Waals surface area contributed by atoms with Crippen molar-refractivity contribution in [2.45, 2.75) is 6.42 Å². The maximum Gasteiger partial charge on any atom is 0.356 e. The Morgan fingerprint density at radius 3 is 2.92 bits per heavy atom. The molecule has 0 saturated heterocycles. The van der Waals surface area contributed by atoms with Gasteiger partial charge in [-0.25, -0.2) is 4.79 Å². The summed E-state index contributed by atoms with van der Waals surface area (Å²) in [5, 5.41) is 14.7. The van der Waals surface area contributed by atoms with E-state index < -0.39 is 16.8 Å². The Labute approximate surface area is 77.6 Å². The molecule has 5 nitrogen and oxygen atoms in total. The van der Waals surface area contributed by atoms with Crippen molar-refractivity contribution in [3.05, 3.63) is 17.5 Å². The van der Waals surface area contributed by atoms with Crippen LogP contribution in [-0.4, -0.2) is 37.5 Å². The van der Waals surface area contributed by atoms with Crippen molar-refractivity contribution in [2.75, 3.05) is 12.0 Å². The Morgan fingerprint density at radius 2 is 2.46 bits per heavy atom. The van der Waals surface area contributed by atoms with Crippen molar-refractivity contribution in [3.8, 4) is 0 Å². The molecule has 1 atom stereocenters. The van der Waals surface area contributed by atoms with Crippen LogP contribution in [0.1, 0.15) is 16.2 Å². The number of hydrogen-bond donors (Lipinski definition) is 2. The summed E-state index contributed by atoms with van der Waals surface area (Å²) < 4.78 is 10.7. The van der Waals surface area contributed by atoms with Crippen LogP contribution in [-0.2, 0) is 17.2 Å². The van der Waals surface area contributed by atoms with Crippen LogP contribution in [0.25, 0.3) is 0 Å². The Hall–Kier alpha value is -1.17. The first-order chi connectivity index (χ1) is 6.09. The fourth-order valence-corrected chi connectivity index (χ4v) is 1.36. The molecule has 0 aliphatic carbocycles. The zero-order valence-corrected chi connectivity index (χ0v) is 7.93. The van der Waals surface area contributed by atoms with Gasteiger partial charge in [0.25, 0.3) is 0 Å². The minimum atomic E-state index is -1.06. The lowest BCUT2D eigenvalue weighted by atomic mass is 10.3. The second kappa shape index (κ2) is 4.18. The molecular weight excluding hydrogens is 192 g/mol. The number of carboxylic acid groups (broad SMARTS) is 1. The summed E-state index contributed by atoms with van der Waals surface area (Å²) in [4.78, 5) is 10.4. The minimum absolute atomic E-state index is 0.00288. The number of aryl methyl sites for hydroxylation is 1. The van der Waals surface area contributed by atoms with E-state index in [0.717, 1.165) is 0 Å². The summed E-state index contributed by atoms with van der Waals surface area (Å²) in [5.74, 6) is -0.540. The Morgan fingerprint density at radius 1 is 1.77 bits per heavy atom. The number of aromatic carboxylic acids is 1. The quantitative estimate of drug-likeness (QED) is 0.721. The van der Waals surface area contributed by atoms with Gasteiger partial charge in [0.15, 0.2) is 5.69 Å². The van der Waals surface area contributed by atoms with E-state index in [1.54, 1.807) is 6.26 Å². The first-order valence-electron chi connectivity index (χ1n) is 3.67. The zero-order chi connectivity index (χ0) is 9.84. The summed E-state index contributed by atoms with van der Waals surface area (Å²) in [6.45, 7) is 0. The molecule has 1 heterocycles. The number of nitrogens with one attached hydrogen (secondary N) is 1. The van der Waals surface area contributed by atoms with E-state index in [9.17, 15) is 9.00 Å². The predicted octanol–water partition coefficient (Wildman–Crippen LogP) is 0.0289. The van der Waals surface area contributed by atoms with Gasteiger partial charge in [-0.15, -0.1) is 0 Å². The van der Waals surface area contributed by atoms with Gasteiger partial charge in [-0.05, 0) is 6.07 Å². The summed E-state index contributed by atoms with van der Waals surface area (Å²) in [6, 6.07) is 1.45. The van der Waals surface area contributed by atoms with E-state index >= 15 is 0 Å². The molecule has 1 aromatic rings. The van der Waals surface area contributed by atoms with E-state index in [4.69, 9.17) is 5.11 Å². The highest BCUT2D eigenvalue weighted by atomic mass is 32.2. The number of carboxylic acids is 1. The van der Waals surface area contributed by atoms with Crippen LogP contribution in [0.15, 0.2) is 6.07 Å². The van der Waals surface area contributed by atoms with Crippen molar-refractivity contribution in [1.82, 2.24) is 10.2 Å². The predicted molar refractivity (Wildman–Crippen MR) is 48.2 cm³/mol. The summed E-state index contributed by atoms with van der Waals surface area (Å²) in [6.07, 6.45) is 2.16. The van der Waals surface area contributed by atoms with Gasteiger partial charge in [0, 0.05) is 34.9 Å². The van der Waals surface area contributed by atoms with Gasteiger partial charge >= 0.3 is 5.97 Å². The van der Waals surface area contributed by atoms with Crippen molar-refractivity contribution < 1.29 is 14.1 Å². The first kappa shape index (κ1) is 9.91. The third-order valence-electron chi connectivity index (χ3n) is 1.51. The Bertz CT molecular complexity index is 334. The Balaban J connectivity index is 2.59. The molecule has 0 fully saturated rings. The maximum absolute atomic E-state index is 10.7. The number of carbonyl (C=O) groups is 1. The smallest absolute Gasteiger partial charge is 0.356 e. The normalized spacial score (nSPS) is 12.7. The zero-order valence-electron chi connectivity index (χ0n) is 7.11. The van der Waals surface area contributed by atoms with Crippen LogP contribution in [0.4, 0.5) is 0 Å². The minimum Gasteiger partial charge on any atom is -0.476 e. The van der Waals surface area contributed by atoms with Gasteiger partial charge in [0.2, 0.25) is 0 Å². The molecule has 2 N–H and O–H groups in total.